The van der Waals surface area contributed by atoms with Gasteiger partial charge in [-0.2, -0.15) is 0 Å². The van der Waals surface area contributed by atoms with Gasteiger partial charge in [0.15, 0.2) is 0 Å². The second-order valence-corrected chi connectivity index (χ2v) is 6.66. The Hall–Kier alpha value is -2.21. The lowest BCUT2D eigenvalue weighted by Crippen LogP contribution is -2.36. The second-order valence-electron chi connectivity index (χ2n) is 6.66. The van der Waals surface area contributed by atoms with E-state index in [0.29, 0.717) is 12.2 Å². The van der Waals surface area contributed by atoms with Crippen molar-refractivity contribution in [3.05, 3.63) is 41.7 Å². The van der Waals surface area contributed by atoms with Crippen molar-refractivity contribution in [1.82, 2.24) is 10.2 Å². The van der Waals surface area contributed by atoms with Gasteiger partial charge in [0, 0.05) is 24.4 Å². The van der Waals surface area contributed by atoms with Crippen molar-refractivity contribution in [3.8, 4) is 0 Å². The Morgan fingerprint density at radius 3 is 2.60 bits per heavy atom. The summed E-state index contributed by atoms with van der Waals surface area (Å²) in [6, 6.07) is 4.25. The third-order valence-electron chi connectivity index (χ3n) is 4.16. The topological polar surface area (TPSA) is 61.4 Å². The maximum Gasteiger partial charge on any atom is 0.254 e. The van der Waals surface area contributed by atoms with E-state index in [1.165, 1.54) is 30.7 Å². The molecule has 0 heterocycles. The molecule has 2 amide bonds. The fourth-order valence-electron chi connectivity index (χ4n) is 2.84. The van der Waals surface area contributed by atoms with Crippen LogP contribution in [0.2, 0.25) is 0 Å². The molecule has 0 aromatic heterocycles. The SMILES string of the molecule is CN(C)C/C=C/C(=O)Nc1ccc(C(=O)NC2CCCCC2)c(F)c1. The van der Waals surface area contributed by atoms with Crippen LogP contribution >= 0.6 is 0 Å². The summed E-state index contributed by atoms with van der Waals surface area (Å²) < 4.78 is 14.2. The number of rotatable bonds is 6. The molecule has 2 N–H and O–H groups in total. The van der Waals surface area contributed by atoms with Crippen molar-refractivity contribution < 1.29 is 14.0 Å². The molecule has 25 heavy (non-hydrogen) atoms. The number of nitrogens with one attached hydrogen (secondary N) is 2. The Labute approximate surface area is 148 Å². The maximum absolute atomic E-state index is 14.2. The largest absolute Gasteiger partial charge is 0.349 e. The van der Waals surface area contributed by atoms with E-state index in [2.05, 4.69) is 10.6 Å². The number of amides is 2. The molecule has 6 heteroatoms. The zero-order valence-corrected chi connectivity index (χ0v) is 14.8. The van der Waals surface area contributed by atoms with Crippen LogP contribution in [0.5, 0.6) is 0 Å². The minimum absolute atomic E-state index is 0.00622. The van der Waals surface area contributed by atoms with E-state index in [1.807, 2.05) is 19.0 Å². The first-order chi connectivity index (χ1) is 12.0. The monoisotopic (exact) mass is 347 g/mol. The molecule has 136 valence electrons. The van der Waals surface area contributed by atoms with E-state index >= 15 is 0 Å². The molecule has 1 fully saturated rings. The molecular formula is C19H26FN3O2. The Bertz CT molecular complexity index is 638. The number of hydrogen-bond donors (Lipinski definition) is 2. The summed E-state index contributed by atoms with van der Waals surface area (Å²) in [6.07, 6.45) is 8.40. The van der Waals surface area contributed by atoms with Crippen molar-refractivity contribution in [2.24, 2.45) is 0 Å². The molecule has 1 aromatic rings. The fraction of sp³-hybridized carbons (Fsp3) is 0.474. The first-order valence-corrected chi connectivity index (χ1v) is 8.68. The van der Waals surface area contributed by atoms with E-state index < -0.39 is 11.7 Å². The average Bonchev–Trinajstić information content (AvgIpc) is 2.55. The van der Waals surface area contributed by atoms with Gasteiger partial charge in [-0.3, -0.25) is 9.59 Å². The molecule has 0 radical (unpaired) electrons. The van der Waals surface area contributed by atoms with Gasteiger partial charge in [-0.05, 0) is 45.1 Å². The van der Waals surface area contributed by atoms with Gasteiger partial charge >= 0.3 is 0 Å². The van der Waals surface area contributed by atoms with Crippen LogP contribution in [0.3, 0.4) is 0 Å². The van der Waals surface area contributed by atoms with Gasteiger partial charge in [0.05, 0.1) is 5.56 Å². The predicted molar refractivity (Wildman–Crippen MR) is 97.1 cm³/mol. The zero-order chi connectivity index (χ0) is 18.2. The molecule has 0 saturated heterocycles. The second kappa shape index (κ2) is 9.32. The van der Waals surface area contributed by atoms with Crippen LogP contribution in [0, 0.1) is 5.82 Å². The average molecular weight is 347 g/mol. The van der Waals surface area contributed by atoms with Crippen LogP contribution in [0.4, 0.5) is 10.1 Å². The Balaban J connectivity index is 1.93. The van der Waals surface area contributed by atoms with Gasteiger partial charge in [-0.1, -0.05) is 25.3 Å². The molecule has 1 aliphatic carbocycles. The quantitative estimate of drug-likeness (QED) is 0.778. The summed E-state index contributed by atoms with van der Waals surface area (Å²) in [4.78, 5) is 25.9. The first-order valence-electron chi connectivity index (χ1n) is 8.68. The number of anilines is 1. The molecule has 0 atom stereocenters. The number of likely N-dealkylation sites (N-methyl/N-ethyl adjacent to an activating group) is 1. The van der Waals surface area contributed by atoms with Crippen molar-refractivity contribution in [2.75, 3.05) is 26.0 Å². The van der Waals surface area contributed by atoms with Gasteiger partial charge in [0.25, 0.3) is 5.91 Å². The summed E-state index contributed by atoms with van der Waals surface area (Å²) in [6.45, 7) is 0.641. The number of benzene rings is 1. The summed E-state index contributed by atoms with van der Waals surface area (Å²) >= 11 is 0. The highest BCUT2D eigenvalue weighted by molar-refractivity contribution is 6.00. The molecule has 0 spiro atoms. The summed E-state index contributed by atoms with van der Waals surface area (Å²) in [5.41, 5.74) is 0.331. The van der Waals surface area contributed by atoms with Gasteiger partial charge in [0.2, 0.25) is 5.91 Å². The lowest BCUT2D eigenvalue weighted by atomic mass is 9.95. The van der Waals surface area contributed by atoms with Crippen LogP contribution in [0.15, 0.2) is 30.4 Å². The predicted octanol–water partition coefficient (Wildman–Crippen LogP) is 2.94. The number of nitrogens with zero attached hydrogens (tertiary/aromatic N) is 1. The summed E-state index contributed by atoms with van der Waals surface area (Å²) in [5.74, 6) is -1.36. The fourth-order valence-corrected chi connectivity index (χ4v) is 2.84. The highest BCUT2D eigenvalue weighted by Gasteiger charge is 2.19. The lowest BCUT2D eigenvalue weighted by molar-refractivity contribution is -0.111. The maximum atomic E-state index is 14.2. The normalized spacial score (nSPS) is 15.5. The number of hydrogen-bond acceptors (Lipinski definition) is 3. The summed E-state index contributed by atoms with van der Waals surface area (Å²) in [5, 5.41) is 5.48. The van der Waals surface area contributed by atoms with Gasteiger partial charge < -0.3 is 15.5 Å². The van der Waals surface area contributed by atoms with Crippen molar-refractivity contribution >= 4 is 17.5 Å². The third kappa shape index (κ3) is 6.31. The Kier molecular flexibility index (Phi) is 7.13. The highest BCUT2D eigenvalue weighted by atomic mass is 19.1. The molecule has 5 nitrogen and oxygen atoms in total. The highest BCUT2D eigenvalue weighted by Crippen LogP contribution is 2.19. The van der Waals surface area contributed by atoms with E-state index in [9.17, 15) is 14.0 Å². The van der Waals surface area contributed by atoms with Crippen molar-refractivity contribution in [2.45, 2.75) is 38.1 Å². The molecule has 1 aromatic carbocycles. The van der Waals surface area contributed by atoms with Gasteiger partial charge in [-0.15, -0.1) is 0 Å². The number of carbonyl (C=O) groups is 2. The number of halogens is 1. The van der Waals surface area contributed by atoms with Crippen LogP contribution in [-0.4, -0.2) is 43.4 Å². The summed E-state index contributed by atoms with van der Waals surface area (Å²) in [7, 11) is 3.80. The molecule has 0 aliphatic heterocycles. The van der Waals surface area contributed by atoms with Crippen LogP contribution in [-0.2, 0) is 4.79 Å². The lowest BCUT2D eigenvalue weighted by Gasteiger charge is -2.22. The third-order valence-corrected chi connectivity index (χ3v) is 4.16. The van der Waals surface area contributed by atoms with Crippen molar-refractivity contribution in [3.63, 3.8) is 0 Å². The molecule has 1 saturated carbocycles. The Morgan fingerprint density at radius 2 is 1.96 bits per heavy atom. The smallest absolute Gasteiger partial charge is 0.254 e. The van der Waals surface area contributed by atoms with E-state index in [1.54, 1.807) is 6.08 Å². The molecule has 0 bridgehead atoms. The molecule has 0 unspecified atom stereocenters. The van der Waals surface area contributed by atoms with E-state index in [0.717, 1.165) is 25.7 Å². The van der Waals surface area contributed by atoms with Gasteiger partial charge in [0.1, 0.15) is 5.82 Å². The van der Waals surface area contributed by atoms with Crippen molar-refractivity contribution in [1.29, 1.82) is 0 Å². The van der Waals surface area contributed by atoms with Crippen LogP contribution < -0.4 is 10.6 Å². The van der Waals surface area contributed by atoms with Crippen LogP contribution in [0.1, 0.15) is 42.5 Å². The van der Waals surface area contributed by atoms with E-state index in [4.69, 9.17) is 0 Å². The minimum atomic E-state index is -0.636. The van der Waals surface area contributed by atoms with E-state index in [-0.39, 0.29) is 17.5 Å². The minimum Gasteiger partial charge on any atom is -0.349 e. The Morgan fingerprint density at radius 1 is 1.24 bits per heavy atom. The first kappa shape index (κ1) is 19.1. The standard InChI is InChI=1S/C19H26FN3O2/c1-23(2)12-6-9-18(24)21-15-10-11-16(17(20)13-15)19(25)22-14-7-4-3-5-8-14/h6,9-11,13-14H,3-5,7-8,12H2,1-2H3,(H,21,24)(H,22,25)/b9-6+. The zero-order valence-electron chi connectivity index (χ0n) is 14.8. The molecular weight excluding hydrogens is 321 g/mol. The van der Waals surface area contributed by atoms with Gasteiger partial charge in [-0.25, -0.2) is 4.39 Å². The van der Waals surface area contributed by atoms with Crippen LogP contribution in [0.25, 0.3) is 0 Å². The molecule has 2 rings (SSSR count). The molecule has 1 aliphatic rings. The number of carbonyl (C=O) groups excluding carboxylic acids is 2.